The van der Waals surface area contributed by atoms with Gasteiger partial charge in [-0.25, -0.2) is 0 Å². The Morgan fingerprint density at radius 3 is 1.71 bits per heavy atom. The summed E-state index contributed by atoms with van der Waals surface area (Å²) in [6.07, 6.45) is 0. The van der Waals surface area contributed by atoms with Crippen LogP contribution in [0.5, 0.6) is 0 Å². The zero-order valence-corrected chi connectivity index (χ0v) is 18.3. The number of carbonyl (C=O) groups excluding carboxylic acids is 3. The van der Waals surface area contributed by atoms with Gasteiger partial charge in [0, 0.05) is 22.4 Å². The fraction of sp³-hybridized carbons (Fsp3) is 0.0690. The molecular formula is C29H22N2O3. The minimum absolute atomic E-state index is 0.0745. The highest BCUT2D eigenvalue weighted by Gasteiger charge is 2.56. The lowest BCUT2D eigenvalue weighted by molar-refractivity contribution is 0.0833. The Labute approximate surface area is 197 Å². The molecule has 1 fully saturated rings. The second-order valence-electron chi connectivity index (χ2n) is 8.14. The van der Waals surface area contributed by atoms with Gasteiger partial charge in [0.1, 0.15) is 6.04 Å². The molecule has 1 N–H and O–H groups in total. The molecule has 1 saturated heterocycles. The van der Waals surface area contributed by atoms with Crippen molar-refractivity contribution in [3.05, 3.63) is 138 Å². The predicted molar refractivity (Wildman–Crippen MR) is 131 cm³/mol. The van der Waals surface area contributed by atoms with Crippen molar-refractivity contribution < 1.29 is 14.4 Å². The Balaban J connectivity index is 1.35. The minimum atomic E-state index is -0.547. The van der Waals surface area contributed by atoms with E-state index in [0.717, 1.165) is 5.56 Å². The zero-order chi connectivity index (χ0) is 23.5. The molecule has 1 heterocycles. The lowest BCUT2D eigenvalue weighted by atomic mass is 10.0. The largest absolute Gasteiger partial charge is 0.322 e. The fourth-order valence-electron chi connectivity index (χ4n) is 4.16. The molecule has 2 amide bonds. The van der Waals surface area contributed by atoms with E-state index in [1.54, 1.807) is 65.6 Å². The van der Waals surface area contributed by atoms with Crippen molar-refractivity contribution in [3.63, 3.8) is 0 Å². The molecular weight excluding hydrogens is 424 g/mol. The van der Waals surface area contributed by atoms with Gasteiger partial charge in [-0.1, -0.05) is 78.9 Å². The van der Waals surface area contributed by atoms with Gasteiger partial charge >= 0.3 is 0 Å². The number of nitrogens with one attached hydrogen (secondary N) is 1. The van der Waals surface area contributed by atoms with E-state index in [4.69, 9.17) is 0 Å². The number of anilines is 1. The Kier molecular flexibility index (Phi) is 5.75. The smallest absolute Gasteiger partial charge is 0.255 e. The summed E-state index contributed by atoms with van der Waals surface area (Å²) in [4.78, 5) is 40.6. The van der Waals surface area contributed by atoms with Crippen molar-refractivity contribution in [3.8, 4) is 0 Å². The molecule has 0 aromatic heterocycles. The maximum atomic E-state index is 13.4. The Bertz CT molecular complexity index is 1320. The van der Waals surface area contributed by atoms with Crippen LogP contribution in [0.3, 0.4) is 0 Å². The van der Waals surface area contributed by atoms with E-state index in [1.165, 1.54) is 0 Å². The molecule has 4 aromatic rings. The molecule has 0 bridgehead atoms. The van der Waals surface area contributed by atoms with Crippen LogP contribution in [0, 0.1) is 0 Å². The van der Waals surface area contributed by atoms with Gasteiger partial charge in [-0.05, 0) is 42.0 Å². The van der Waals surface area contributed by atoms with Crippen LogP contribution >= 0.6 is 0 Å². The number of Topliss-reactive ketones (excluding diaryl/α,β-unsaturated/α-hetero) is 1. The molecule has 0 spiro atoms. The van der Waals surface area contributed by atoms with Gasteiger partial charge in [-0.3, -0.25) is 14.4 Å². The predicted octanol–water partition coefficient (Wildman–Crippen LogP) is 5.39. The average molecular weight is 447 g/mol. The van der Waals surface area contributed by atoms with Gasteiger partial charge in [0.15, 0.2) is 5.78 Å². The zero-order valence-electron chi connectivity index (χ0n) is 18.3. The first kappa shape index (κ1) is 21.3. The van der Waals surface area contributed by atoms with Crippen molar-refractivity contribution in [2.24, 2.45) is 0 Å². The van der Waals surface area contributed by atoms with Crippen molar-refractivity contribution in [1.29, 1.82) is 0 Å². The second-order valence-corrected chi connectivity index (χ2v) is 8.14. The number of ketones is 1. The Morgan fingerprint density at radius 2 is 1.12 bits per heavy atom. The topological polar surface area (TPSA) is 66.2 Å². The summed E-state index contributed by atoms with van der Waals surface area (Å²) in [6, 6.07) is 33.5. The van der Waals surface area contributed by atoms with E-state index in [1.807, 2.05) is 54.6 Å². The van der Waals surface area contributed by atoms with E-state index < -0.39 is 6.04 Å². The third kappa shape index (κ3) is 4.24. The van der Waals surface area contributed by atoms with Crippen LogP contribution in [-0.4, -0.2) is 28.5 Å². The lowest BCUT2D eigenvalue weighted by Crippen LogP contribution is -2.19. The molecule has 2 atom stereocenters. The molecule has 5 rings (SSSR count). The monoisotopic (exact) mass is 446 g/mol. The van der Waals surface area contributed by atoms with E-state index >= 15 is 0 Å². The number of benzene rings is 4. The number of amides is 2. The van der Waals surface area contributed by atoms with E-state index in [2.05, 4.69) is 5.32 Å². The van der Waals surface area contributed by atoms with E-state index in [-0.39, 0.29) is 23.6 Å². The third-order valence-electron chi connectivity index (χ3n) is 5.94. The van der Waals surface area contributed by atoms with Gasteiger partial charge in [0.2, 0.25) is 0 Å². The van der Waals surface area contributed by atoms with Crippen LogP contribution in [0.15, 0.2) is 115 Å². The summed E-state index contributed by atoms with van der Waals surface area (Å²) in [6.45, 7) is 0. The third-order valence-corrected chi connectivity index (χ3v) is 5.94. The maximum Gasteiger partial charge on any atom is 0.255 e. The van der Waals surface area contributed by atoms with Gasteiger partial charge in [0.25, 0.3) is 11.8 Å². The highest BCUT2D eigenvalue weighted by Crippen LogP contribution is 2.45. The quantitative estimate of drug-likeness (QED) is 0.319. The molecule has 166 valence electrons. The van der Waals surface area contributed by atoms with Crippen molar-refractivity contribution in [1.82, 2.24) is 4.90 Å². The summed E-state index contributed by atoms with van der Waals surface area (Å²) in [7, 11) is 0. The number of rotatable bonds is 6. The standard InChI is InChI=1S/C29H22N2O3/c32-27(21-12-6-2-7-13-21)26-25(20-10-4-1-5-11-20)31(26)29(34)23-16-18-24(19-17-23)30-28(33)22-14-8-3-9-15-22/h1-19,25-26H,(H,30,33)/t25-,26-,31?/m0/s1. The second kappa shape index (κ2) is 9.16. The normalized spacial score (nSPS) is 16.5. The number of carbonyl (C=O) groups is 3. The molecule has 5 heteroatoms. The summed E-state index contributed by atoms with van der Waals surface area (Å²) in [5, 5.41) is 2.83. The first-order valence-electron chi connectivity index (χ1n) is 11.1. The first-order valence-corrected chi connectivity index (χ1v) is 11.1. The molecule has 0 aliphatic carbocycles. The number of nitrogens with zero attached hydrogens (tertiary/aromatic N) is 1. The first-order chi connectivity index (χ1) is 16.6. The maximum absolute atomic E-state index is 13.4. The van der Waals surface area contributed by atoms with Gasteiger partial charge in [-0.15, -0.1) is 0 Å². The highest BCUT2D eigenvalue weighted by molar-refractivity contribution is 6.09. The van der Waals surface area contributed by atoms with E-state index in [9.17, 15) is 14.4 Å². The summed E-state index contributed by atoms with van der Waals surface area (Å²) < 4.78 is 0. The fourth-order valence-corrected chi connectivity index (χ4v) is 4.16. The van der Waals surface area contributed by atoms with Crippen LogP contribution in [0.4, 0.5) is 5.69 Å². The molecule has 0 radical (unpaired) electrons. The highest BCUT2D eigenvalue weighted by atomic mass is 16.2. The molecule has 1 aliphatic rings. The SMILES string of the molecule is O=C(Nc1ccc(C(=O)N2[C@H](C(=O)c3ccccc3)[C@@H]2c2ccccc2)cc1)c1ccccc1. The summed E-state index contributed by atoms with van der Waals surface area (Å²) in [5.41, 5.74) is 3.12. The van der Waals surface area contributed by atoms with Gasteiger partial charge in [-0.2, -0.15) is 0 Å². The Hall–Kier alpha value is -4.51. The van der Waals surface area contributed by atoms with Gasteiger partial charge < -0.3 is 10.2 Å². The number of hydrogen-bond acceptors (Lipinski definition) is 3. The van der Waals surface area contributed by atoms with Crippen LogP contribution in [0.25, 0.3) is 0 Å². The molecule has 4 aromatic carbocycles. The summed E-state index contributed by atoms with van der Waals surface area (Å²) >= 11 is 0. The van der Waals surface area contributed by atoms with Crippen LogP contribution in [-0.2, 0) is 0 Å². The molecule has 0 saturated carbocycles. The van der Waals surface area contributed by atoms with Crippen LogP contribution in [0.1, 0.15) is 42.7 Å². The van der Waals surface area contributed by atoms with Crippen LogP contribution in [0.2, 0.25) is 0 Å². The lowest BCUT2D eigenvalue weighted by Gasteiger charge is -2.08. The molecule has 34 heavy (non-hydrogen) atoms. The minimum Gasteiger partial charge on any atom is -0.322 e. The summed E-state index contributed by atoms with van der Waals surface area (Å²) in [5.74, 6) is -0.512. The van der Waals surface area contributed by atoms with Gasteiger partial charge in [0.05, 0.1) is 6.04 Å². The van der Waals surface area contributed by atoms with Crippen molar-refractivity contribution in [2.75, 3.05) is 5.32 Å². The molecule has 1 aliphatic heterocycles. The molecule has 0 unspecified atom stereocenters. The van der Waals surface area contributed by atoms with E-state index in [0.29, 0.717) is 22.4 Å². The Morgan fingerprint density at radius 1 is 0.588 bits per heavy atom. The van der Waals surface area contributed by atoms with Crippen molar-refractivity contribution in [2.45, 2.75) is 12.1 Å². The molecule has 5 nitrogen and oxygen atoms in total. The number of hydrogen-bond donors (Lipinski definition) is 1. The van der Waals surface area contributed by atoms with Crippen LogP contribution < -0.4 is 5.32 Å². The average Bonchev–Trinajstić information content (AvgIpc) is 3.65. The van der Waals surface area contributed by atoms with Crippen molar-refractivity contribution >= 4 is 23.3 Å².